The van der Waals surface area contributed by atoms with Crippen LogP contribution in [0, 0.1) is 0 Å². The van der Waals surface area contributed by atoms with Crippen molar-refractivity contribution in [2.75, 3.05) is 10.8 Å². The second-order valence-electron chi connectivity index (χ2n) is 4.92. The molecule has 128 valence electrons. The molecule has 10 heteroatoms. The Morgan fingerprint density at radius 2 is 2.16 bits per heavy atom. The molecule has 0 fully saturated rings. The molecule has 3 aromatic rings. The SMILES string of the molecule is CCNC(=O)N(S)c1ccc2ncc(-c3csc(C(=O)O)c3)nc2n1. The third kappa shape index (κ3) is 3.54. The maximum atomic E-state index is 11.8. The van der Waals surface area contributed by atoms with Crippen LogP contribution in [0.25, 0.3) is 22.4 Å². The summed E-state index contributed by atoms with van der Waals surface area (Å²) >= 11 is 5.26. The van der Waals surface area contributed by atoms with Crippen molar-refractivity contribution >= 4 is 53.1 Å². The zero-order valence-electron chi connectivity index (χ0n) is 13.0. The molecule has 0 aliphatic rings. The molecule has 2 N–H and O–H groups in total. The van der Waals surface area contributed by atoms with E-state index in [1.54, 1.807) is 30.6 Å². The summed E-state index contributed by atoms with van der Waals surface area (Å²) in [6, 6.07) is 4.44. The van der Waals surface area contributed by atoms with E-state index < -0.39 is 12.0 Å². The van der Waals surface area contributed by atoms with Crippen molar-refractivity contribution in [2.24, 2.45) is 0 Å². The molecule has 0 saturated carbocycles. The monoisotopic (exact) mass is 375 g/mol. The molecule has 3 heterocycles. The third-order valence-electron chi connectivity index (χ3n) is 3.24. The highest BCUT2D eigenvalue weighted by atomic mass is 32.1. The molecule has 2 amide bonds. The molecule has 3 rings (SSSR count). The Kier molecular flexibility index (Phi) is 4.81. The first-order valence-electron chi connectivity index (χ1n) is 7.22. The number of aromatic carboxylic acids is 1. The summed E-state index contributed by atoms with van der Waals surface area (Å²) in [5.41, 5.74) is 2.04. The Bertz CT molecular complexity index is 959. The lowest BCUT2D eigenvalue weighted by Gasteiger charge is -2.14. The zero-order chi connectivity index (χ0) is 18.0. The van der Waals surface area contributed by atoms with Crippen LogP contribution >= 0.6 is 24.2 Å². The number of rotatable bonds is 4. The van der Waals surface area contributed by atoms with E-state index in [9.17, 15) is 9.59 Å². The lowest BCUT2D eigenvalue weighted by molar-refractivity contribution is 0.0702. The second-order valence-corrected chi connectivity index (χ2v) is 6.23. The fraction of sp³-hybridized carbons (Fsp3) is 0.133. The van der Waals surface area contributed by atoms with Gasteiger partial charge in [-0.05, 0) is 25.1 Å². The molecule has 0 unspecified atom stereocenters. The van der Waals surface area contributed by atoms with Crippen LogP contribution in [0.1, 0.15) is 16.6 Å². The molecule has 25 heavy (non-hydrogen) atoms. The van der Waals surface area contributed by atoms with Gasteiger partial charge in [-0.25, -0.2) is 23.9 Å². The average molecular weight is 375 g/mol. The Hall–Kier alpha value is -2.72. The van der Waals surface area contributed by atoms with Gasteiger partial charge in [0.15, 0.2) is 5.65 Å². The first-order chi connectivity index (χ1) is 12.0. The number of pyridine rings is 1. The Morgan fingerprint density at radius 3 is 2.84 bits per heavy atom. The fourth-order valence-electron chi connectivity index (χ4n) is 2.06. The molecular weight excluding hydrogens is 362 g/mol. The van der Waals surface area contributed by atoms with E-state index in [0.717, 1.165) is 15.6 Å². The largest absolute Gasteiger partial charge is 0.477 e. The lowest BCUT2D eigenvalue weighted by Crippen LogP contribution is -2.34. The van der Waals surface area contributed by atoms with Crippen LogP contribution in [0.5, 0.6) is 0 Å². The summed E-state index contributed by atoms with van der Waals surface area (Å²) < 4.78 is 1.09. The average Bonchev–Trinajstić information content (AvgIpc) is 3.10. The Morgan fingerprint density at radius 1 is 1.36 bits per heavy atom. The number of urea groups is 1. The number of anilines is 1. The van der Waals surface area contributed by atoms with Gasteiger partial charge in [0.1, 0.15) is 16.2 Å². The number of carboxylic acid groups (broad SMARTS) is 1. The van der Waals surface area contributed by atoms with Crippen molar-refractivity contribution < 1.29 is 14.7 Å². The highest BCUT2D eigenvalue weighted by Crippen LogP contribution is 2.25. The number of aromatic nitrogens is 3. The molecule has 0 atom stereocenters. The smallest absolute Gasteiger partial charge is 0.345 e. The van der Waals surface area contributed by atoms with Crippen molar-refractivity contribution in [1.29, 1.82) is 0 Å². The number of carbonyl (C=O) groups excluding carboxylic acids is 1. The predicted molar refractivity (Wildman–Crippen MR) is 98.1 cm³/mol. The van der Waals surface area contributed by atoms with Crippen LogP contribution in [0.2, 0.25) is 0 Å². The van der Waals surface area contributed by atoms with Crippen LogP contribution in [-0.2, 0) is 0 Å². The first-order valence-corrected chi connectivity index (χ1v) is 8.50. The van der Waals surface area contributed by atoms with Crippen LogP contribution in [0.15, 0.2) is 29.8 Å². The Labute approximate surface area is 152 Å². The minimum Gasteiger partial charge on any atom is -0.477 e. The summed E-state index contributed by atoms with van der Waals surface area (Å²) in [6.07, 6.45) is 1.56. The molecule has 0 aliphatic carbocycles. The first kappa shape index (κ1) is 17.1. The van der Waals surface area contributed by atoms with Crippen LogP contribution in [-0.4, -0.2) is 38.6 Å². The normalized spacial score (nSPS) is 10.6. The number of hydrogen-bond acceptors (Lipinski definition) is 7. The summed E-state index contributed by atoms with van der Waals surface area (Å²) in [5, 5.41) is 13.3. The van der Waals surface area contributed by atoms with E-state index in [2.05, 4.69) is 33.1 Å². The van der Waals surface area contributed by atoms with Crippen LogP contribution in [0.3, 0.4) is 0 Å². The molecule has 0 saturated heterocycles. The topological polar surface area (TPSA) is 108 Å². The van der Waals surface area contributed by atoms with Crippen molar-refractivity contribution in [1.82, 2.24) is 20.3 Å². The van der Waals surface area contributed by atoms with Gasteiger partial charge in [0.25, 0.3) is 0 Å². The van der Waals surface area contributed by atoms with E-state index >= 15 is 0 Å². The number of nitrogens with zero attached hydrogens (tertiary/aromatic N) is 4. The van der Waals surface area contributed by atoms with Crippen molar-refractivity contribution in [3.8, 4) is 11.3 Å². The van der Waals surface area contributed by atoms with Gasteiger partial charge in [-0.1, -0.05) is 12.8 Å². The van der Waals surface area contributed by atoms with E-state index in [1.807, 2.05) is 0 Å². The number of carbonyl (C=O) groups is 2. The molecule has 0 radical (unpaired) electrons. The number of fused-ring (bicyclic) bond motifs is 1. The number of hydrogen-bond donors (Lipinski definition) is 3. The maximum absolute atomic E-state index is 11.8. The van der Waals surface area contributed by atoms with Crippen LogP contribution < -0.4 is 9.62 Å². The quantitative estimate of drug-likeness (QED) is 0.605. The van der Waals surface area contributed by atoms with Gasteiger partial charge in [-0.3, -0.25) is 4.98 Å². The zero-order valence-corrected chi connectivity index (χ0v) is 14.7. The summed E-state index contributed by atoms with van der Waals surface area (Å²) in [5.74, 6) is -0.678. The van der Waals surface area contributed by atoms with Gasteiger partial charge in [-0.15, -0.1) is 11.3 Å². The van der Waals surface area contributed by atoms with Crippen molar-refractivity contribution in [3.05, 3.63) is 34.7 Å². The highest BCUT2D eigenvalue weighted by molar-refractivity contribution is 7.82. The summed E-state index contributed by atoms with van der Waals surface area (Å²) in [7, 11) is 0. The molecule has 0 spiro atoms. The second kappa shape index (κ2) is 7.03. The molecular formula is C15H13N5O3S2. The van der Waals surface area contributed by atoms with E-state index in [1.165, 1.54) is 6.07 Å². The number of nitrogens with one attached hydrogen (secondary N) is 1. The highest BCUT2D eigenvalue weighted by Gasteiger charge is 2.15. The van der Waals surface area contributed by atoms with E-state index in [4.69, 9.17) is 5.11 Å². The molecule has 8 nitrogen and oxygen atoms in total. The number of amides is 2. The summed E-state index contributed by atoms with van der Waals surface area (Å²) in [4.78, 5) is 36.1. The van der Waals surface area contributed by atoms with Gasteiger partial charge in [-0.2, -0.15) is 0 Å². The minimum atomic E-state index is -0.988. The van der Waals surface area contributed by atoms with Gasteiger partial charge < -0.3 is 10.4 Å². The lowest BCUT2D eigenvalue weighted by atomic mass is 10.2. The van der Waals surface area contributed by atoms with Crippen LogP contribution in [0.4, 0.5) is 10.6 Å². The van der Waals surface area contributed by atoms with Gasteiger partial charge >= 0.3 is 12.0 Å². The molecule has 0 aromatic carbocycles. The standard InChI is InChI=1S/C15H13N5O3S2/c1-2-16-15(23)20(24)12-4-3-9-13(19-12)18-10(6-17-9)8-5-11(14(21)22)25-7-8/h3-7,24H,2H2,1H3,(H,16,23)(H,21,22). The maximum Gasteiger partial charge on any atom is 0.345 e. The third-order valence-corrected chi connectivity index (χ3v) is 4.54. The predicted octanol–water partition coefficient (Wildman–Crippen LogP) is 2.83. The van der Waals surface area contributed by atoms with Gasteiger partial charge in [0, 0.05) is 17.5 Å². The molecule has 0 aliphatic heterocycles. The minimum absolute atomic E-state index is 0.219. The number of thiophene rings is 1. The molecule has 3 aromatic heterocycles. The van der Waals surface area contributed by atoms with Gasteiger partial charge in [0.05, 0.1) is 11.9 Å². The number of carboxylic acids is 1. The van der Waals surface area contributed by atoms with E-state index in [-0.39, 0.29) is 4.88 Å². The molecule has 0 bridgehead atoms. The van der Waals surface area contributed by atoms with Crippen molar-refractivity contribution in [2.45, 2.75) is 6.92 Å². The fourth-order valence-corrected chi connectivity index (χ4v) is 2.98. The van der Waals surface area contributed by atoms with E-state index in [0.29, 0.717) is 34.8 Å². The number of thiol groups is 1. The summed E-state index contributed by atoms with van der Waals surface area (Å²) in [6.45, 7) is 2.27. The van der Waals surface area contributed by atoms with Gasteiger partial charge in [0.2, 0.25) is 0 Å². The van der Waals surface area contributed by atoms with Crippen molar-refractivity contribution in [3.63, 3.8) is 0 Å². The Balaban J connectivity index is 1.98.